The number of amides is 1. The Kier molecular flexibility index (Phi) is 5.43. The van der Waals surface area contributed by atoms with E-state index in [9.17, 15) is 4.79 Å². The molecule has 1 N–H and O–H groups in total. The fourth-order valence-electron chi connectivity index (χ4n) is 2.87. The van der Waals surface area contributed by atoms with Gasteiger partial charge in [-0.15, -0.1) is 0 Å². The number of nitrogens with one attached hydrogen (secondary N) is 1. The molecule has 0 saturated heterocycles. The molecule has 0 aliphatic rings. The Morgan fingerprint density at radius 2 is 2.04 bits per heavy atom. The summed E-state index contributed by atoms with van der Waals surface area (Å²) in [5.74, 6) is -0.0527. The average Bonchev–Trinajstić information content (AvgIpc) is 3.31. The number of nitrogens with zero attached hydrogens (tertiary/aromatic N) is 2. The first kappa shape index (κ1) is 16.5. The SMILES string of the molecule is CCC(C(=O)NCC(c1ccsc1)n1cccn1)c1ccccc1. The van der Waals surface area contributed by atoms with Crippen molar-refractivity contribution in [2.75, 3.05) is 6.54 Å². The van der Waals surface area contributed by atoms with E-state index in [1.54, 1.807) is 17.5 Å². The van der Waals surface area contributed by atoms with Crippen LogP contribution in [0.4, 0.5) is 0 Å². The Bertz CT molecular complexity index is 704. The van der Waals surface area contributed by atoms with Gasteiger partial charge in [0.15, 0.2) is 0 Å². The zero-order valence-corrected chi connectivity index (χ0v) is 14.4. The quantitative estimate of drug-likeness (QED) is 0.711. The van der Waals surface area contributed by atoms with Crippen molar-refractivity contribution in [3.05, 3.63) is 76.7 Å². The lowest BCUT2D eigenvalue weighted by Gasteiger charge is -2.20. The average molecular weight is 339 g/mol. The van der Waals surface area contributed by atoms with Gasteiger partial charge < -0.3 is 5.32 Å². The smallest absolute Gasteiger partial charge is 0.227 e. The molecule has 1 aromatic carbocycles. The summed E-state index contributed by atoms with van der Waals surface area (Å²) < 4.78 is 1.89. The van der Waals surface area contributed by atoms with Crippen molar-refractivity contribution < 1.29 is 4.79 Å². The molecule has 124 valence electrons. The predicted octanol–water partition coefficient (Wildman–Crippen LogP) is 3.84. The minimum atomic E-state index is -0.119. The van der Waals surface area contributed by atoms with Gasteiger partial charge >= 0.3 is 0 Å². The number of hydrogen-bond acceptors (Lipinski definition) is 3. The van der Waals surface area contributed by atoms with Crippen LogP contribution in [0.3, 0.4) is 0 Å². The largest absolute Gasteiger partial charge is 0.353 e. The monoisotopic (exact) mass is 339 g/mol. The zero-order valence-electron chi connectivity index (χ0n) is 13.6. The second-order valence-electron chi connectivity index (χ2n) is 5.68. The van der Waals surface area contributed by atoms with E-state index in [4.69, 9.17) is 0 Å². The third kappa shape index (κ3) is 3.74. The molecule has 4 nitrogen and oxygen atoms in total. The van der Waals surface area contributed by atoms with Crippen molar-refractivity contribution in [3.63, 3.8) is 0 Å². The normalized spacial score (nSPS) is 13.4. The lowest BCUT2D eigenvalue weighted by Crippen LogP contribution is -2.34. The molecule has 0 aliphatic carbocycles. The number of carbonyl (C=O) groups excluding carboxylic acids is 1. The number of thiophene rings is 1. The summed E-state index contributed by atoms with van der Waals surface area (Å²) in [6.07, 6.45) is 4.48. The molecule has 24 heavy (non-hydrogen) atoms. The molecule has 0 aliphatic heterocycles. The molecular formula is C19H21N3OS. The van der Waals surface area contributed by atoms with Crippen molar-refractivity contribution in [1.29, 1.82) is 0 Å². The maximum absolute atomic E-state index is 12.7. The van der Waals surface area contributed by atoms with Crippen LogP contribution < -0.4 is 5.32 Å². The summed E-state index contributed by atoms with van der Waals surface area (Å²) in [6, 6.07) is 13.9. The van der Waals surface area contributed by atoms with E-state index < -0.39 is 0 Å². The van der Waals surface area contributed by atoms with Crippen molar-refractivity contribution in [3.8, 4) is 0 Å². The maximum Gasteiger partial charge on any atom is 0.227 e. The van der Waals surface area contributed by atoms with E-state index >= 15 is 0 Å². The fourth-order valence-corrected chi connectivity index (χ4v) is 3.58. The van der Waals surface area contributed by atoms with Gasteiger partial charge in [-0.05, 0) is 40.4 Å². The topological polar surface area (TPSA) is 46.9 Å². The Morgan fingerprint density at radius 1 is 1.21 bits per heavy atom. The highest BCUT2D eigenvalue weighted by atomic mass is 32.1. The Hall–Kier alpha value is -2.40. The van der Waals surface area contributed by atoms with Crippen LogP contribution in [-0.2, 0) is 4.79 Å². The molecule has 2 atom stereocenters. The Morgan fingerprint density at radius 3 is 2.67 bits per heavy atom. The standard InChI is InChI=1S/C19H21N3OS/c1-2-17(15-7-4-3-5-8-15)19(23)20-13-18(16-9-12-24-14-16)22-11-6-10-21-22/h3-12,14,17-18H,2,13H2,1H3,(H,20,23). The van der Waals surface area contributed by atoms with Crippen molar-refractivity contribution >= 4 is 17.2 Å². The minimum absolute atomic E-state index is 0.0171. The van der Waals surface area contributed by atoms with Gasteiger partial charge in [0, 0.05) is 18.9 Å². The zero-order chi connectivity index (χ0) is 16.8. The first-order valence-corrected chi connectivity index (χ1v) is 9.07. The number of hydrogen-bond donors (Lipinski definition) is 1. The first-order valence-electron chi connectivity index (χ1n) is 8.13. The number of benzene rings is 1. The van der Waals surface area contributed by atoms with Gasteiger partial charge in [0.25, 0.3) is 0 Å². The second-order valence-corrected chi connectivity index (χ2v) is 6.46. The molecule has 0 fully saturated rings. The van der Waals surface area contributed by atoms with Crippen molar-refractivity contribution in [2.45, 2.75) is 25.3 Å². The molecule has 2 heterocycles. The first-order chi connectivity index (χ1) is 11.8. The maximum atomic E-state index is 12.7. The van der Waals surface area contributed by atoms with E-state index in [0.29, 0.717) is 6.54 Å². The van der Waals surface area contributed by atoms with E-state index in [1.807, 2.05) is 59.6 Å². The summed E-state index contributed by atoms with van der Waals surface area (Å²) >= 11 is 1.65. The molecule has 1 amide bonds. The van der Waals surface area contributed by atoms with Gasteiger partial charge in [0.05, 0.1) is 12.0 Å². The molecule has 2 unspecified atom stereocenters. The van der Waals surface area contributed by atoms with Crippen LogP contribution in [0, 0.1) is 0 Å². The molecule has 5 heteroatoms. The Labute approximate surface area is 146 Å². The van der Waals surface area contributed by atoms with Crippen LogP contribution in [0.2, 0.25) is 0 Å². The van der Waals surface area contributed by atoms with Gasteiger partial charge in [0.2, 0.25) is 5.91 Å². The van der Waals surface area contributed by atoms with Crippen LogP contribution in [-0.4, -0.2) is 22.2 Å². The summed E-state index contributed by atoms with van der Waals surface area (Å²) in [5.41, 5.74) is 2.22. The second kappa shape index (κ2) is 7.93. The van der Waals surface area contributed by atoms with Crippen LogP contribution in [0.25, 0.3) is 0 Å². The molecule has 0 bridgehead atoms. The van der Waals surface area contributed by atoms with Gasteiger partial charge in [0.1, 0.15) is 0 Å². The van der Waals surface area contributed by atoms with Crippen LogP contribution >= 0.6 is 11.3 Å². The van der Waals surface area contributed by atoms with Crippen molar-refractivity contribution in [1.82, 2.24) is 15.1 Å². The lowest BCUT2D eigenvalue weighted by molar-refractivity contribution is -0.122. The molecule has 3 aromatic rings. The summed E-state index contributed by atoms with van der Waals surface area (Å²) in [4.78, 5) is 12.7. The summed E-state index contributed by atoms with van der Waals surface area (Å²) in [5, 5.41) is 11.6. The molecule has 0 radical (unpaired) electrons. The number of carbonyl (C=O) groups is 1. The van der Waals surface area contributed by atoms with E-state index in [2.05, 4.69) is 21.9 Å². The third-order valence-electron chi connectivity index (χ3n) is 4.17. The fraction of sp³-hybridized carbons (Fsp3) is 0.263. The van der Waals surface area contributed by atoms with Crippen LogP contribution in [0.1, 0.15) is 36.4 Å². The van der Waals surface area contributed by atoms with Gasteiger partial charge in [-0.3, -0.25) is 9.48 Å². The molecule has 3 rings (SSSR count). The van der Waals surface area contributed by atoms with E-state index in [-0.39, 0.29) is 17.9 Å². The summed E-state index contributed by atoms with van der Waals surface area (Å²) in [7, 11) is 0. The van der Waals surface area contributed by atoms with Gasteiger partial charge in [-0.2, -0.15) is 16.4 Å². The lowest BCUT2D eigenvalue weighted by atomic mass is 9.95. The predicted molar refractivity (Wildman–Crippen MR) is 97.2 cm³/mol. The summed E-state index contributed by atoms with van der Waals surface area (Å²) in [6.45, 7) is 2.57. The molecule has 0 spiro atoms. The molecular weight excluding hydrogens is 318 g/mol. The third-order valence-corrected chi connectivity index (χ3v) is 4.87. The van der Waals surface area contributed by atoms with Gasteiger partial charge in [-0.1, -0.05) is 37.3 Å². The Balaban J connectivity index is 1.71. The van der Waals surface area contributed by atoms with Crippen LogP contribution in [0.5, 0.6) is 0 Å². The highest BCUT2D eigenvalue weighted by molar-refractivity contribution is 7.07. The molecule has 2 aromatic heterocycles. The minimum Gasteiger partial charge on any atom is -0.353 e. The van der Waals surface area contributed by atoms with E-state index in [1.165, 1.54) is 0 Å². The van der Waals surface area contributed by atoms with Crippen LogP contribution in [0.15, 0.2) is 65.6 Å². The number of aromatic nitrogens is 2. The molecule has 0 saturated carbocycles. The van der Waals surface area contributed by atoms with Gasteiger partial charge in [-0.25, -0.2) is 0 Å². The van der Waals surface area contributed by atoms with E-state index in [0.717, 1.165) is 17.5 Å². The highest BCUT2D eigenvalue weighted by Gasteiger charge is 2.21. The van der Waals surface area contributed by atoms with Crippen molar-refractivity contribution in [2.24, 2.45) is 0 Å². The highest BCUT2D eigenvalue weighted by Crippen LogP contribution is 2.22. The number of rotatable bonds is 7.